The zero-order valence-electron chi connectivity index (χ0n) is 16.2. The molecular formula is C19H28N4O4S. The molecule has 1 fully saturated rings. The van der Waals surface area contributed by atoms with E-state index in [4.69, 9.17) is 0 Å². The number of piperazine rings is 1. The lowest BCUT2D eigenvalue weighted by Crippen LogP contribution is -2.48. The van der Waals surface area contributed by atoms with Crippen molar-refractivity contribution in [2.75, 3.05) is 56.2 Å². The second-order valence-electron chi connectivity index (χ2n) is 6.39. The van der Waals surface area contributed by atoms with E-state index < -0.39 is 0 Å². The number of anilines is 1. The highest BCUT2D eigenvalue weighted by atomic mass is 32.2. The van der Waals surface area contributed by atoms with Gasteiger partial charge in [-0.25, -0.2) is 0 Å². The summed E-state index contributed by atoms with van der Waals surface area (Å²) < 4.78 is 4.52. The fourth-order valence-electron chi connectivity index (χ4n) is 2.77. The van der Waals surface area contributed by atoms with Crippen molar-refractivity contribution in [1.82, 2.24) is 15.8 Å². The second kappa shape index (κ2) is 12.2. The van der Waals surface area contributed by atoms with Crippen LogP contribution in [0, 0.1) is 0 Å². The normalized spacial score (nSPS) is 14.4. The first kappa shape index (κ1) is 22.0. The first-order valence-corrected chi connectivity index (χ1v) is 10.5. The molecule has 2 amide bonds. The van der Waals surface area contributed by atoms with Crippen molar-refractivity contribution in [2.45, 2.75) is 12.8 Å². The number of thioether (sulfide) groups is 1. The third-order valence-corrected chi connectivity index (χ3v) is 5.34. The molecule has 154 valence electrons. The summed E-state index contributed by atoms with van der Waals surface area (Å²) in [5.74, 6) is -0.0949. The monoisotopic (exact) mass is 408 g/mol. The molecule has 1 aromatic rings. The number of esters is 1. The van der Waals surface area contributed by atoms with Gasteiger partial charge in [-0.3, -0.25) is 30.1 Å². The Hall–Kier alpha value is -2.26. The fourth-order valence-corrected chi connectivity index (χ4v) is 3.53. The van der Waals surface area contributed by atoms with E-state index in [1.165, 1.54) is 24.6 Å². The summed E-state index contributed by atoms with van der Waals surface area (Å²) in [7, 11) is 1.33. The fraction of sp³-hybridized carbons (Fsp3) is 0.526. The molecule has 2 N–H and O–H groups in total. The molecule has 0 spiro atoms. The summed E-state index contributed by atoms with van der Waals surface area (Å²) in [6, 6.07) is 10.3. The zero-order chi connectivity index (χ0) is 20.2. The molecule has 0 unspecified atom stereocenters. The summed E-state index contributed by atoms with van der Waals surface area (Å²) >= 11 is 1.32. The molecule has 9 heteroatoms. The third kappa shape index (κ3) is 8.18. The van der Waals surface area contributed by atoms with Gasteiger partial charge in [-0.05, 0) is 12.1 Å². The minimum atomic E-state index is -0.316. The van der Waals surface area contributed by atoms with E-state index in [-0.39, 0.29) is 30.0 Å². The number of rotatable bonds is 9. The number of para-hydroxylation sites is 1. The molecule has 0 aliphatic carbocycles. The molecule has 0 aromatic heterocycles. The Balaban J connectivity index is 1.53. The van der Waals surface area contributed by atoms with Crippen molar-refractivity contribution >= 4 is 35.2 Å². The summed E-state index contributed by atoms with van der Waals surface area (Å²) in [6.45, 7) is 4.36. The maximum atomic E-state index is 11.9. The smallest absolute Gasteiger partial charge is 0.315 e. The van der Waals surface area contributed by atoms with Crippen molar-refractivity contribution in [1.29, 1.82) is 0 Å². The van der Waals surface area contributed by atoms with Gasteiger partial charge in [-0.2, -0.15) is 0 Å². The van der Waals surface area contributed by atoms with Crippen LogP contribution in [0.4, 0.5) is 5.69 Å². The maximum Gasteiger partial charge on any atom is 0.315 e. The number of carbonyl (C=O) groups is 3. The lowest BCUT2D eigenvalue weighted by Gasteiger charge is -2.36. The zero-order valence-corrected chi connectivity index (χ0v) is 17.0. The molecule has 1 aromatic carbocycles. The number of carbonyl (C=O) groups excluding carboxylic acids is 3. The molecule has 28 heavy (non-hydrogen) atoms. The summed E-state index contributed by atoms with van der Waals surface area (Å²) in [5.41, 5.74) is 6.08. The predicted octanol–water partition coefficient (Wildman–Crippen LogP) is 0.642. The number of ether oxygens (including phenoxy) is 1. The number of nitrogens with zero attached hydrogens (tertiary/aromatic N) is 2. The van der Waals surface area contributed by atoms with E-state index in [2.05, 4.69) is 37.5 Å². The van der Waals surface area contributed by atoms with Crippen molar-refractivity contribution in [3.05, 3.63) is 30.3 Å². The average molecular weight is 409 g/mol. The van der Waals surface area contributed by atoms with E-state index in [1.807, 2.05) is 18.2 Å². The van der Waals surface area contributed by atoms with E-state index in [1.54, 1.807) is 0 Å². The molecule has 1 aliphatic rings. The molecular weight excluding hydrogens is 380 g/mol. The second-order valence-corrected chi connectivity index (χ2v) is 7.49. The third-order valence-electron chi connectivity index (χ3n) is 4.41. The van der Waals surface area contributed by atoms with Gasteiger partial charge in [0.25, 0.3) is 0 Å². The van der Waals surface area contributed by atoms with Crippen LogP contribution >= 0.6 is 11.8 Å². The largest absolute Gasteiger partial charge is 0.468 e. The van der Waals surface area contributed by atoms with Crippen LogP contribution in [0.25, 0.3) is 0 Å². The Labute approximate surface area is 169 Å². The van der Waals surface area contributed by atoms with E-state index in [0.717, 1.165) is 26.2 Å². The number of hydrazine groups is 1. The van der Waals surface area contributed by atoms with Gasteiger partial charge in [-0.15, -0.1) is 11.8 Å². The molecule has 0 radical (unpaired) electrons. The standard InChI is InChI=1S/C19H28N4O4S/c1-27-19(26)15-28-14-8-18(25)21-20-17(24)7-9-22-10-12-23(13-11-22)16-5-3-2-4-6-16/h2-6H,7-15H2,1H3,(H,20,24)(H,21,25). The van der Waals surface area contributed by atoms with Gasteiger partial charge in [0, 0.05) is 57.0 Å². The Morgan fingerprint density at radius 1 is 1.00 bits per heavy atom. The van der Waals surface area contributed by atoms with Crippen LogP contribution in [0.3, 0.4) is 0 Å². The van der Waals surface area contributed by atoms with Crippen LogP contribution in [-0.4, -0.2) is 74.0 Å². The molecule has 0 atom stereocenters. The minimum absolute atomic E-state index is 0.207. The van der Waals surface area contributed by atoms with Crippen LogP contribution in [-0.2, 0) is 19.1 Å². The lowest BCUT2D eigenvalue weighted by atomic mass is 10.2. The Bertz CT molecular complexity index is 636. The number of amides is 2. The lowest BCUT2D eigenvalue weighted by molar-refractivity contribution is -0.137. The summed E-state index contributed by atoms with van der Waals surface area (Å²) in [6.07, 6.45) is 0.562. The van der Waals surface area contributed by atoms with Crippen molar-refractivity contribution in [3.63, 3.8) is 0 Å². The molecule has 0 saturated carbocycles. The van der Waals surface area contributed by atoms with Gasteiger partial charge in [0.2, 0.25) is 11.8 Å². The van der Waals surface area contributed by atoms with Crippen molar-refractivity contribution in [2.24, 2.45) is 0 Å². The van der Waals surface area contributed by atoms with Gasteiger partial charge in [0.1, 0.15) is 0 Å². The van der Waals surface area contributed by atoms with Crippen LogP contribution in [0.1, 0.15) is 12.8 Å². The maximum absolute atomic E-state index is 11.9. The predicted molar refractivity (Wildman–Crippen MR) is 110 cm³/mol. The molecule has 1 aliphatic heterocycles. The van der Waals surface area contributed by atoms with Crippen molar-refractivity contribution in [3.8, 4) is 0 Å². The number of hydrogen-bond acceptors (Lipinski definition) is 7. The first-order chi connectivity index (χ1) is 13.6. The topological polar surface area (TPSA) is 91.0 Å². The Morgan fingerprint density at radius 2 is 1.64 bits per heavy atom. The van der Waals surface area contributed by atoms with Crippen LogP contribution in [0.5, 0.6) is 0 Å². The van der Waals surface area contributed by atoms with Crippen molar-refractivity contribution < 1.29 is 19.1 Å². The highest BCUT2D eigenvalue weighted by Crippen LogP contribution is 2.15. The highest BCUT2D eigenvalue weighted by molar-refractivity contribution is 7.99. The van der Waals surface area contributed by atoms with Gasteiger partial charge in [0.15, 0.2) is 0 Å². The van der Waals surface area contributed by atoms with E-state index >= 15 is 0 Å². The highest BCUT2D eigenvalue weighted by Gasteiger charge is 2.17. The van der Waals surface area contributed by atoms with E-state index in [9.17, 15) is 14.4 Å². The molecule has 1 heterocycles. The van der Waals surface area contributed by atoms with Gasteiger partial charge >= 0.3 is 5.97 Å². The Kier molecular flexibility index (Phi) is 9.64. The Morgan fingerprint density at radius 3 is 2.29 bits per heavy atom. The van der Waals surface area contributed by atoms with Crippen LogP contribution in [0.15, 0.2) is 30.3 Å². The quantitative estimate of drug-likeness (QED) is 0.352. The molecule has 2 rings (SSSR count). The minimum Gasteiger partial charge on any atom is -0.468 e. The molecule has 0 bridgehead atoms. The molecule has 1 saturated heterocycles. The first-order valence-electron chi connectivity index (χ1n) is 9.33. The number of methoxy groups -OCH3 is 1. The number of hydrogen-bond donors (Lipinski definition) is 2. The SMILES string of the molecule is COC(=O)CSCCC(=O)NNC(=O)CCN1CCN(c2ccccc2)CC1. The molecule has 8 nitrogen and oxygen atoms in total. The van der Waals surface area contributed by atoms with Gasteiger partial charge in [-0.1, -0.05) is 18.2 Å². The van der Waals surface area contributed by atoms with Gasteiger partial charge in [0.05, 0.1) is 12.9 Å². The summed E-state index contributed by atoms with van der Waals surface area (Å²) in [4.78, 5) is 39.1. The van der Waals surface area contributed by atoms with Crippen LogP contribution < -0.4 is 15.8 Å². The van der Waals surface area contributed by atoms with E-state index in [0.29, 0.717) is 18.7 Å². The number of nitrogens with one attached hydrogen (secondary N) is 2. The number of benzene rings is 1. The van der Waals surface area contributed by atoms with Gasteiger partial charge < -0.3 is 9.64 Å². The van der Waals surface area contributed by atoms with Crippen LogP contribution in [0.2, 0.25) is 0 Å². The summed E-state index contributed by atoms with van der Waals surface area (Å²) in [5, 5.41) is 0. The average Bonchev–Trinajstić information content (AvgIpc) is 2.74.